The molecular formula is C22H15N9+2. The van der Waals surface area contributed by atoms with Crippen molar-refractivity contribution in [3.05, 3.63) is 79.5 Å². The van der Waals surface area contributed by atoms with Gasteiger partial charge in [-0.15, -0.1) is 0 Å². The highest BCUT2D eigenvalue weighted by molar-refractivity contribution is 5.84. The van der Waals surface area contributed by atoms with Crippen LogP contribution in [0, 0.1) is 6.92 Å². The van der Waals surface area contributed by atoms with Crippen LogP contribution in [-0.2, 0) is 0 Å². The SMILES string of the molecule is Cc1c(-[n+]2ccc3nnccc3c2)ncc2cn[n+](-c3cnc4nccnc4c3)cc12. The minimum absolute atomic E-state index is 0.604. The van der Waals surface area contributed by atoms with Gasteiger partial charge in [-0.2, -0.15) is 10.2 Å². The molecule has 0 aliphatic heterocycles. The molecule has 0 radical (unpaired) electrons. The van der Waals surface area contributed by atoms with E-state index < -0.39 is 0 Å². The van der Waals surface area contributed by atoms with E-state index >= 15 is 0 Å². The second-order valence-electron chi connectivity index (χ2n) is 7.11. The number of nitrogens with zero attached hydrogens (tertiary/aromatic N) is 9. The maximum atomic E-state index is 4.67. The average molecular weight is 405 g/mol. The predicted molar refractivity (Wildman–Crippen MR) is 111 cm³/mol. The zero-order chi connectivity index (χ0) is 20.8. The summed E-state index contributed by atoms with van der Waals surface area (Å²) in [5, 5.41) is 15.6. The van der Waals surface area contributed by atoms with Gasteiger partial charge in [0, 0.05) is 29.9 Å². The molecule has 0 spiro atoms. The summed E-state index contributed by atoms with van der Waals surface area (Å²) < 4.78 is 3.79. The molecule has 0 fully saturated rings. The Hall–Kier alpha value is -4.53. The quantitative estimate of drug-likeness (QED) is 0.405. The van der Waals surface area contributed by atoms with Gasteiger partial charge in [0.1, 0.15) is 35.8 Å². The van der Waals surface area contributed by atoms with Crippen LogP contribution in [-0.4, -0.2) is 35.2 Å². The third-order valence-electron chi connectivity index (χ3n) is 5.22. The van der Waals surface area contributed by atoms with Crippen molar-refractivity contribution in [2.75, 3.05) is 0 Å². The van der Waals surface area contributed by atoms with Crippen LogP contribution in [0.15, 0.2) is 74.0 Å². The maximum Gasteiger partial charge on any atom is 0.331 e. The number of rotatable bonds is 2. The van der Waals surface area contributed by atoms with E-state index in [1.807, 2.05) is 47.6 Å². The topological polar surface area (TPSA) is 98.0 Å². The molecule has 9 heteroatoms. The minimum atomic E-state index is 0.604. The van der Waals surface area contributed by atoms with Gasteiger partial charge in [-0.1, -0.05) is 4.68 Å². The Balaban J connectivity index is 1.50. The molecule has 6 rings (SSSR count). The second kappa shape index (κ2) is 6.77. The first-order valence-electron chi connectivity index (χ1n) is 9.64. The van der Waals surface area contributed by atoms with Gasteiger partial charge in [-0.05, 0) is 23.1 Å². The lowest BCUT2D eigenvalue weighted by Gasteiger charge is -2.03. The second-order valence-corrected chi connectivity index (χ2v) is 7.11. The fourth-order valence-corrected chi connectivity index (χ4v) is 3.63. The molecule has 0 unspecified atom stereocenters. The van der Waals surface area contributed by atoms with Gasteiger partial charge in [-0.25, -0.2) is 14.5 Å². The molecule has 0 aromatic carbocycles. The minimum Gasteiger partial charge on any atom is -0.251 e. The van der Waals surface area contributed by atoms with Gasteiger partial charge in [-0.3, -0.25) is 4.98 Å². The zero-order valence-corrected chi connectivity index (χ0v) is 16.5. The summed E-state index contributed by atoms with van der Waals surface area (Å²) >= 11 is 0. The Morgan fingerprint density at radius 2 is 1.74 bits per heavy atom. The van der Waals surface area contributed by atoms with Crippen molar-refractivity contribution in [1.29, 1.82) is 0 Å². The van der Waals surface area contributed by atoms with Crippen LogP contribution in [0.25, 0.3) is 44.3 Å². The number of hydrogen-bond acceptors (Lipinski definition) is 7. The number of aryl methyl sites for hydroxylation is 1. The lowest BCUT2D eigenvalue weighted by molar-refractivity contribution is -0.658. The Morgan fingerprint density at radius 1 is 0.806 bits per heavy atom. The standard InChI is InChI=1S/C22H15N9/c1-14-18-13-31(17-8-20-21(25-11-17)24-6-5-23-20)28-10-16(18)9-26-22(14)30-7-3-19-15(12-30)2-4-27-29-19/h2-13H,1H3/q+2. The first-order valence-corrected chi connectivity index (χ1v) is 9.64. The molecule has 0 saturated carbocycles. The molecule has 0 N–H and O–H groups in total. The van der Waals surface area contributed by atoms with E-state index in [1.165, 1.54) is 0 Å². The smallest absolute Gasteiger partial charge is 0.251 e. The zero-order valence-electron chi connectivity index (χ0n) is 16.5. The van der Waals surface area contributed by atoms with Crippen LogP contribution < -0.4 is 9.25 Å². The van der Waals surface area contributed by atoms with Crippen molar-refractivity contribution in [2.45, 2.75) is 6.92 Å². The van der Waals surface area contributed by atoms with E-state index in [1.54, 1.807) is 35.7 Å². The predicted octanol–water partition coefficient (Wildman–Crippen LogP) is 1.77. The average Bonchev–Trinajstić information content (AvgIpc) is 2.83. The third-order valence-corrected chi connectivity index (χ3v) is 5.22. The summed E-state index contributed by atoms with van der Waals surface area (Å²) in [6.45, 7) is 2.06. The molecule has 9 nitrogen and oxygen atoms in total. The van der Waals surface area contributed by atoms with E-state index in [-0.39, 0.29) is 0 Å². The lowest BCUT2D eigenvalue weighted by Crippen LogP contribution is -2.35. The normalized spacial score (nSPS) is 11.4. The van der Waals surface area contributed by atoms with Crippen molar-refractivity contribution in [3.8, 4) is 11.5 Å². The van der Waals surface area contributed by atoms with Gasteiger partial charge in [0.25, 0.3) is 5.69 Å². The third kappa shape index (κ3) is 2.91. The Bertz CT molecular complexity index is 1610. The molecule has 0 aliphatic carbocycles. The number of aromatic nitrogens is 9. The first-order chi connectivity index (χ1) is 15.3. The van der Waals surface area contributed by atoms with Crippen molar-refractivity contribution >= 4 is 32.8 Å². The molecule has 146 valence electrons. The molecule has 0 amide bonds. The van der Waals surface area contributed by atoms with Gasteiger partial charge in [0.05, 0.1) is 28.7 Å². The fraction of sp³-hybridized carbons (Fsp3) is 0.0455. The highest BCUT2D eigenvalue weighted by atomic mass is 15.3. The van der Waals surface area contributed by atoms with E-state index in [0.29, 0.717) is 5.65 Å². The lowest BCUT2D eigenvalue weighted by atomic mass is 10.1. The first kappa shape index (κ1) is 17.3. The Kier molecular flexibility index (Phi) is 3.79. The van der Waals surface area contributed by atoms with Crippen LogP contribution >= 0.6 is 0 Å². The van der Waals surface area contributed by atoms with E-state index in [0.717, 1.165) is 44.3 Å². The molecule has 0 aliphatic rings. The molecule has 6 aromatic rings. The van der Waals surface area contributed by atoms with Gasteiger partial charge in [0.2, 0.25) is 6.20 Å². The Labute approximate surface area is 175 Å². The maximum absolute atomic E-state index is 4.67. The molecule has 6 aromatic heterocycles. The molecule has 6 heterocycles. The van der Waals surface area contributed by atoms with Gasteiger partial charge < -0.3 is 0 Å². The monoisotopic (exact) mass is 405 g/mol. The van der Waals surface area contributed by atoms with Crippen LogP contribution in [0.2, 0.25) is 0 Å². The number of fused-ring (bicyclic) bond motifs is 3. The van der Waals surface area contributed by atoms with Crippen LogP contribution in [0.4, 0.5) is 0 Å². The molecular weight excluding hydrogens is 390 g/mol. The largest absolute Gasteiger partial charge is 0.331 e. The Morgan fingerprint density at radius 3 is 2.71 bits per heavy atom. The summed E-state index contributed by atoms with van der Waals surface area (Å²) in [5.41, 5.74) is 4.01. The van der Waals surface area contributed by atoms with Crippen LogP contribution in [0.5, 0.6) is 0 Å². The van der Waals surface area contributed by atoms with Crippen LogP contribution in [0.1, 0.15) is 5.56 Å². The summed E-state index contributed by atoms with van der Waals surface area (Å²) in [5.74, 6) is 0.839. The summed E-state index contributed by atoms with van der Waals surface area (Å²) in [7, 11) is 0. The summed E-state index contributed by atoms with van der Waals surface area (Å²) in [6.07, 6.45) is 16.3. The van der Waals surface area contributed by atoms with Crippen molar-refractivity contribution in [3.63, 3.8) is 0 Å². The van der Waals surface area contributed by atoms with Gasteiger partial charge >= 0.3 is 5.82 Å². The van der Waals surface area contributed by atoms with E-state index in [4.69, 9.17) is 0 Å². The number of hydrogen-bond donors (Lipinski definition) is 0. The van der Waals surface area contributed by atoms with Crippen molar-refractivity contribution in [1.82, 2.24) is 35.2 Å². The fourth-order valence-electron chi connectivity index (χ4n) is 3.63. The molecule has 31 heavy (non-hydrogen) atoms. The van der Waals surface area contributed by atoms with Crippen molar-refractivity contribution in [2.24, 2.45) is 0 Å². The number of pyridine rings is 3. The van der Waals surface area contributed by atoms with E-state index in [2.05, 4.69) is 42.2 Å². The van der Waals surface area contributed by atoms with E-state index in [9.17, 15) is 0 Å². The van der Waals surface area contributed by atoms with Crippen molar-refractivity contribution < 1.29 is 9.25 Å². The van der Waals surface area contributed by atoms with Gasteiger partial charge in [0.15, 0.2) is 5.65 Å². The summed E-state index contributed by atoms with van der Waals surface area (Å²) in [4.78, 5) is 17.6. The summed E-state index contributed by atoms with van der Waals surface area (Å²) in [6, 6.07) is 5.79. The highest BCUT2D eigenvalue weighted by Crippen LogP contribution is 2.19. The van der Waals surface area contributed by atoms with Crippen LogP contribution in [0.3, 0.4) is 0 Å². The highest BCUT2D eigenvalue weighted by Gasteiger charge is 2.20. The molecule has 0 bridgehead atoms. The molecule has 0 saturated heterocycles. The molecule has 0 atom stereocenters.